The second kappa shape index (κ2) is 6.16. The Bertz CT molecular complexity index is 527. The SMILES string of the molecule is CC1(C)CCNCC1C(=O)Nc1ccc(OC(F)(F)F)cc1. The number of hydrogen-bond donors (Lipinski definition) is 2. The van der Waals surface area contributed by atoms with Gasteiger partial charge in [0, 0.05) is 12.2 Å². The summed E-state index contributed by atoms with van der Waals surface area (Å²) < 4.78 is 40.0. The average molecular weight is 316 g/mol. The number of alkyl halides is 3. The van der Waals surface area contributed by atoms with Crippen LogP contribution in [0.2, 0.25) is 0 Å². The van der Waals surface area contributed by atoms with Crippen molar-refractivity contribution in [3.05, 3.63) is 24.3 Å². The van der Waals surface area contributed by atoms with Gasteiger partial charge in [0.25, 0.3) is 0 Å². The molecule has 1 aromatic carbocycles. The number of ether oxygens (including phenoxy) is 1. The number of carbonyl (C=O) groups is 1. The zero-order valence-corrected chi connectivity index (χ0v) is 12.5. The minimum absolute atomic E-state index is 0.116. The van der Waals surface area contributed by atoms with E-state index in [0.717, 1.165) is 13.0 Å². The van der Waals surface area contributed by atoms with Crippen LogP contribution in [0.25, 0.3) is 0 Å². The molecule has 1 aromatic rings. The first-order chi connectivity index (χ1) is 10.2. The van der Waals surface area contributed by atoms with Gasteiger partial charge in [-0.05, 0) is 42.6 Å². The van der Waals surface area contributed by atoms with Gasteiger partial charge in [-0.3, -0.25) is 4.79 Å². The predicted molar refractivity (Wildman–Crippen MR) is 76.5 cm³/mol. The molecule has 1 saturated heterocycles. The molecule has 0 spiro atoms. The average Bonchev–Trinajstić information content (AvgIpc) is 2.38. The Hall–Kier alpha value is -1.76. The monoisotopic (exact) mass is 316 g/mol. The van der Waals surface area contributed by atoms with Gasteiger partial charge in [-0.2, -0.15) is 0 Å². The summed E-state index contributed by atoms with van der Waals surface area (Å²) in [6, 6.07) is 5.13. The Kier molecular flexibility index (Phi) is 4.65. The third-order valence-electron chi connectivity index (χ3n) is 3.91. The first-order valence-corrected chi connectivity index (χ1v) is 7.05. The molecule has 4 nitrogen and oxygen atoms in total. The van der Waals surface area contributed by atoms with Gasteiger partial charge in [0.1, 0.15) is 5.75 Å². The van der Waals surface area contributed by atoms with Crippen molar-refractivity contribution in [1.82, 2.24) is 5.32 Å². The third-order valence-corrected chi connectivity index (χ3v) is 3.91. The van der Waals surface area contributed by atoms with Crippen LogP contribution in [-0.2, 0) is 4.79 Å². The van der Waals surface area contributed by atoms with E-state index in [0.29, 0.717) is 12.2 Å². The van der Waals surface area contributed by atoms with Crippen molar-refractivity contribution < 1.29 is 22.7 Å². The van der Waals surface area contributed by atoms with Crippen LogP contribution in [0.4, 0.5) is 18.9 Å². The van der Waals surface area contributed by atoms with Crippen molar-refractivity contribution in [2.45, 2.75) is 26.6 Å². The molecule has 1 atom stereocenters. The largest absolute Gasteiger partial charge is 0.573 e. The van der Waals surface area contributed by atoms with Crippen LogP contribution in [0.3, 0.4) is 0 Å². The van der Waals surface area contributed by atoms with Gasteiger partial charge in [-0.25, -0.2) is 0 Å². The molecule has 1 amide bonds. The highest BCUT2D eigenvalue weighted by molar-refractivity contribution is 5.93. The van der Waals surface area contributed by atoms with Crippen LogP contribution in [0, 0.1) is 11.3 Å². The second-order valence-corrected chi connectivity index (χ2v) is 6.06. The van der Waals surface area contributed by atoms with E-state index in [1.165, 1.54) is 24.3 Å². The molecule has 7 heteroatoms. The molecule has 2 N–H and O–H groups in total. The fourth-order valence-corrected chi connectivity index (χ4v) is 2.52. The minimum atomic E-state index is -4.72. The van der Waals surface area contributed by atoms with Gasteiger partial charge in [-0.1, -0.05) is 13.8 Å². The van der Waals surface area contributed by atoms with Crippen molar-refractivity contribution in [2.75, 3.05) is 18.4 Å². The lowest BCUT2D eigenvalue weighted by Crippen LogP contribution is -2.47. The van der Waals surface area contributed by atoms with Crippen LogP contribution < -0.4 is 15.4 Å². The maximum Gasteiger partial charge on any atom is 0.573 e. The molecule has 1 aliphatic rings. The topological polar surface area (TPSA) is 50.4 Å². The van der Waals surface area contributed by atoms with E-state index in [1.807, 2.05) is 13.8 Å². The van der Waals surface area contributed by atoms with Gasteiger partial charge in [0.2, 0.25) is 5.91 Å². The lowest BCUT2D eigenvalue weighted by molar-refractivity contribution is -0.274. The van der Waals surface area contributed by atoms with Gasteiger partial charge in [0.15, 0.2) is 0 Å². The van der Waals surface area contributed by atoms with Crippen molar-refractivity contribution in [3.8, 4) is 5.75 Å². The highest BCUT2D eigenvalue weighted by Crippen LogP contribution is 2.33. The van der Waals surface area contributed by atoms with Gasteiger partial charge < -0.3 is 15.4 Å². The van der Waals surface area contributed by atoms with Crippen LogP contribution in [0.1, 0.15) is 20.3 Å². The van der Waals surface area contributed by atoms with E-state index in [2.05, 4.69) is 15.4 Å². The standard InChI is InChI=1S/C15H19F3N2O2/c1-14(2)7-8-19-9-12(14)13(21)20-10-3-5-11(6-4-10)22-15(16,17)18/h3-6,12,19H,7-9H2,1-2H3,(H,20,21). The number of piperidine rings is 1. The van der Waals surface area contributed by atoms with Crippen molar-refractivity contribution in [2.24, 2.45) is 11.3 Å². The van der Waals surface area contributed by atoms with Crippen LogP contribution in [0.15, 0.2) is 24.3 Å². The predicted octanol–water partition coefficient (Wildman–Crippen LogP) is 3.16. The Labute approximate surface area is 127 Å². The summed E-state index contributed by atoms with van der Waals surface area (Å²) >= 11 is 0. The lowest BCUT2D eigenvalue weighted by Gasteiger charge is -2.37. The van der Waals surface area contributed by atoms with Crippen molar-refractivity contribution in [3.63, 3.8) is 0 Å². The van der Waals surface area contributed by atoms with Crippen molar-refractivity contribution >= 4 is 11.6 Å². The summed E-state index contributed by atoms with van der Waals surface area (Å²) in [6.45, 7) is 5.55. The quantitative estimate of drug-likeness (QED) is 0.900. The summed E-state index contributed by atoms with van der Waals surface area (Å²) in [6.07, 6.45) is -3.83. The third kappa shape index (κ3) is 4.37. The van der Waals surface area contributed by atoms with E-state index < -0.39 is 6.36 Å². The molecular formula is C15H19F3N2O2. The normalized spacial score (nSPS) is 21.2. The number of anilines is 1. The second-order valence-electron chi connectivity index (χ2n) is 6.06. The minimum Gasteiger partial charge on any atom is -0.406 e. The summed E-state index contributed by atoms with van der Waals surface area (Å²) in [5.41, 5.74) is 0.329. The molecular weight excluding hydrogens is 297 g/mol. The highest BCUT2D eigenvalue weighted by Gasteiger charge is 2.37. The van der Waals surface area contributed by atoms with Crippen molar-refractivity contribution in [1.29, 1.82) is 0 Å². The Morgan fingerprint density at radius 3 is 2.50 bits per heavy atom. The number of halogens is 3. The molecule has 0 aromatic heterocycles. The van der Waals surface area contributed by atoms with Gasteiger partial charge in [0.05, 0.1) is 5.92 Å². The number of amides is 1. The molecule has 0 aliphatic carbocycles. The highest BCUT2D eigenvalue weighted by atomic mass is 19.4. The molecule has 22 heavy (non-hydrogen) atoms. The van der Waals surface area contributed by atoms with Gasteiger partial charge >= 0.3 is 6.36 Å². The number of nitrogens with one attached hydrogen (secondary N) is 2. The summed E-state index contributed by atoms with van der Waals surface area (Å²) in [7, 11) is 0. The van der Waals surface area contributed by atoms with E-state index in [4.69, 9.17) is 0 Å². The molecule has 1 unspecified atom stereocenters. The van der Waals surface area contributed by atoms with Crippen LogP contribution in [-0.4, -0.2) is 25.4 Å². The fourth-order valence-electron chi connectivity index (χ4n) is 2.52. The maximum atomic E-state index is 12.3. The van der Waals surface area contributed by atoms with Crippen LogP contribution in [0.5, 0.6) is 5.75 Å². The lowest BCUT2D eigenvalue weighted by atomic mass is 9.73. The Morgan fingerprint density at radius 2 is 1.95 bits per heavy atom. The summed E-state index contributed by atoms with van der Waals surface area (Å²) in [4.78, 5) is 12.3. The molecule has 0 bridgehead atoms. The number of carbonyl (C=O) groups excluding carboxylic acids is 1. The zero-order chi connectivity index (χ0) is 16.4. The van der Waals surface area contributed by atoms with Crippen LogP contribution >= 0.6 is 0 Å². The van der Waals surface area contributed by atoms with E-state index in [9.17, 15) is 18.0 Å². The van der Waals surface area contributed by atoms with E-state index >= 15 is 0 Å². The maximum absolute atomic E-state index is 12.3. The molecule has 122 valence electrons. The number of benzene rings is 1. The van der Waals surface area contributed by atoms with Gasteiger partial charge in [-0.15, -0.1) is 13.2 Å². The number of rotatable bonds is 3. The first-order valence-electron chi connectivity index (χ1n) is 7.05. The molecule has 1 heterocycles. The Morgan fingerprint density at radius 1 is 1.32 bits per heavy atom. The summed E-state index contributed by atoms with van der Waals surface area (Å²) in [5.74, 6) is -0.640. The summed E-state index contributed by atoms with van der Waals surface area (Å²) in [5, 5.41) is 5.93. The number of hydrogen-bond acceptors (Lipinski definition) is 3. The molecule has 0 saturated carbocycles. The molecule has 0 radical (unpaired) electrons. The van der Waals surface area contributed by atoms with E-state index in [-0.39, 0.29) is 23.0 Å². The Balaban J connectivity index is 2.00. The van der Waals surface area contributed by atoms with E-state index in [1.54, 1.807) is 0 Å². The molecule has 2 rings (SSSR count). The smallest absolute Gasteiger partial charge is 0.406 e. The fraction of sp³-hybridized carbons (Fsp3) is 0.533. The zero-order valence-electron chi connectivity index (χ0n) is 12.5. The molecule has 1 aliphatic heterocycles. The first kappa shape index (κ1) is 16.6. The molecule has 1 fully saturated rings.